The lowest BCUT2D eigenvalue weighted by atomic mass is 9.90. The molecule has 2 aliphatic rings. The number of nitrogens with zero attached hydrogens (tertiary/aromatic N) is 1. The molecule has 0 radical (unpaired) electrons. The van der Waals surface area contributed by atoms with Crippen molar-refractivity contribution in [3.05, 3.63) is 0 Å². The summed E-state index contributed by atoms with van der Waals surface area (Å²) in [7, 11) is -2.31. The van der Waals surface area contributed by atoms with Crippen LogP contribution in [0.2, 0.25) is 16.6 Å². The van der Waals surface area contributed by atoms with E-state index in [9.17, 15) is 9.90 Å². The van der Waals surface area contributed by atoms with Gasteiger partial charge in [-0.2, -0.15) is 0 Å². The number of rotatable bonds is 9. The topological polar surface area (TPSA) is 80.3 Å². The standard InChI is InChI=1S/C23H46N2O5Si/c1-11-25(12-2)22(27)18-20(30-31(14(3)4,15(5)6)16(7)8)21-19(17(13-26)24-18)28-23(9,10)29-21/h14-21,24,26H,11-13H2,1-10H3/t17-,18+,19+,20-,21+/m0/s1. The minimum atomic E-state index is -2.31. The molecule has 0 aromatic carbocycles. The Kier molecular flexibility index (Phi) is 8.78. The first-order chi connectivity index (χ1) is 14.4. The summed E-state index contributed by atoms with van der Waals surface area (Å²) in [6, 6.07) is -0.969. The zero-order valence-electron chi connectivity index (χ0n) is 21.3. The van der Waals surface area contributed by atoms with E-state index in [1.165, 1.54) is 0 Å². The van der Waals surface area contributed by atoms with Gasteiger partial charge in [0.25, 0.3) is 0 Å². The Balaban J connectivity index is 2.56. The summed E-state index contributed by atoms with van der Waals surface area (Å²) in [5.41, 5.74) is 1.13. The van der Waals surface area contributed by atoms with E-state index in [1.807, 2.05) is 32.6 Å². The molecule has 0 aromatic rings. The van der Waals surface area contributed by atoms with Gasteiger partial charge in [-0.05, 0) is 44.3 Å². The van der Waals surface area contributed by atoms with E-state index in [1.54, 1.807) is 0 Å². The number of carbonyl (C=O) groups excluding carboxylic acids is 1. The molecule has 0 aliphatic carbocycles. The number of aliphatic hydroxyl groups excluding tert-OH is 1. The second kappa shape index (κ2) is 10.2. The van der Waals surface area contributed by atoms with Gasteiger partial charge in [0.2, 0.25) is 14.2 Å². The Bertz CT molecular complexity index is 587. The molecule has 2 heterocycles. The average molecular weight is 459 g/mol. The van der Waals surface area contributed by atoms with Crippen LogP contribution in [0.1, 0.15) is 69.2 Å². The second-order valence-electron chi connectivity index (χ2n) is 10.4. The molecule has 7 nitrogen and oxygen atoms in total. The Morgan fingerprint density at radius 1 is 1.03 bits per heavy atom. The summed E-state index contributed by atoms with van der Waals surface area (Å²) < 4.78 is 19.7. The van der Waals surface area contributed by atoms with Gasteiger partial charge < -0.3 is 23.9 Å². The van der Waals surface area contributed by atoms with Crippen molar-refractivity contribution in [2.45, 2.75) is 122 Å². The highest BCUT2D eigenvalue weighted by Crippen LogP contribution is 2.46. The molecule has 2 fully saturated rings. The minimum Gasteiger partial charge on any atom is -0.408 e. The van der Waals surface area contributed by atoms with Crippen LogP contribution in [0.15, 0.2) is 0 Å². The van der Waals surface area contributed by atoms with Crippen LogP contribution in [0.25, 0.3) is 0 Å². The Morgan fingerprint density at radius 3 is 1.94 bits per heavy atom. The number of aliphatic hydroxyl groups is 1. The van der Waals surface area contributed by atoms with Crippen LogP contribution in [0, 0.1) is 0 Å². The number of likely N-dealkylation sites (N-methyl/N-ethyl adjacent to an activating group) is 1. The van der Waals surface area contributed by atoms with Gasteiger partial charge in [0.1, 0.15) is 18.2 Å². The zero-order chi connectivity index (χ0) is 23.7. The van der Waals surface area contributed by atoms with Crippen molar-refractivity contribution in [3.63, 3.8) is 0 Å². The van der Waals surface area contributed by atoms with Gasteiger partial charge >= 0.3 is 0 Å². The monoisotopic (exact) mass is 458 g/mol. The number of ether oxygens (including phenoxy) is 2. The smallest absolute Gasteiger partial charge is 0.242 e. The van der Waals surface area contributed by atoms with E-state index in [4.69, 9.17) is 13.9 Å². The van der Waals surface area contributed by atoms with E-state index < -0.39 is 32.4 Å². The normalized spacial score (nSPS) is 30.8. The molecule has 2 saturated heterocycles. The second-order valence-corrected chi connectivity index (χ2v) is 15.8. The summed E-state index contributed by atoms with van der Waals surface area (Å²) in [4.78, 5) is 15.4. The van der Waals surface area contributed by atoms with E-state index in [2.05, 4.69) is 46.9 Å². The maximum absolute atomic E-state index is 13.6. The molecule has 0 unspecified atom stereocenters. The fourth-order valence-corrected chi connectivity index (χ4v) is 11.4. The minimum absolute atomic E-state index is 0.000579. The molecule has 0 aromatic heterocycles. The maximum atomic E-state index is 13.6. The molecule has 2 aliphatic heterocycles. The molecule has 31 heavy (non-hydrogen) atoms. The third-order valence-electron chi connectivity index (χ3n) is 7.19. The highest BCUT2D eigenvalue weighted by molar-refractivity contribution is 6.77. The van der Waals surface area contributed by atoms with Crippen LogP contribution in [-0.4, -0.2) is 80.1 Å². The largest absolute Gasteiger partial charge is 0.408 e. The fraction of sp³-hybridized carbons (Fsp3) is 0.957. The first-order valence-electron chi connectivity index (χ1n) is 12.0. The summed E-state index contributed by atoms with van der Waals surface area (Å²) in [6.45, 7) is 22.3. The molecular formula is C23H46N2O5Si. The van der Waals surface area contributed by atoms with Crippen molar-refractivity contribution in [2.75, 3.05) is 19.7 Å². The predicted octanol–water partition coefficient (Wildman–Crippen LogP) is 3.27. The van der Waals surface area contributed by atoms with Gasteiger partial charge in [-0.15, -0.1) is 0 Å². The predicted molar refractivity (Wildman–Crippen MR) is 125 cm³/mol. The van der Waals surface area contributed by atoms with Gasteiger partial charge in [0, 0.05) is 13.1 Å². The molecule has 0 spiro atoms. The summed E-state index contributed by atoms with van der Waals surface area (Å²) >= 11 is 0. The molecule has 1 amide bonds. The van der Waals surface area contributed by atoms with Crippen LogP contribution in [-0.2, 0) is 18.7 Å². The molecule has 0 bridgehead atoms. The van der Waals surface area contributed by atoms with E-state index in [-0.39, 0.29) is 24.7 Å². The van der Waals surface area contributed by atoms with Gasteiger partial charge in [-0.3, -0.25) is 10.1 Å². The SMILES string of the molecule is CCN(CC)C(=O)[C@@H]1N[C@@H](CO)[C@H]2OC(C)(C)O[C@H]2[C@H]1O[Si](C(C)C)(C(C)C)C(C)C. The van der Waals surface area contributed by atoms with Gasteiger partial charge in [-0.25, -0.2) is 0 Å². The Labute approximate surface area is 190 Å². The maximum Gasteiger partial charge on any atom is 0.242 e. The average Bonchev–Trinajstić information content (AvgIpc) is 3.00. The van der Waals surface area contributed by atoms with Crippen LogP contribution < -0.4 is 5.32 Å². The zero-order valence-corrected chi connectivity index (χ0v) is 22.3. The molecule has 2 rings (SSSR count). The number of hydrogen-bond donors (Lipinski definition) is 2. The van der Waals surface area contributed by atoms with Crippen LogP contribution in [0.5, 0.6) is 0 Å². The van der Waals surface area contributed by atoms with Crippen molar-refractivity contribution in [3.8, 4) is 0 Å². The van der Waals surface area contributed by atoms with Crippen molar-refractivity contribution in [2.24, 2.45) is 0 Å². The van der Waals surface area contributed by atoms with Crippen molar-refractivity contribution in [1.29, 1.82) is 0 Å². The quantitative estimate of drug-likeness (QED) is 0.516. The molecule has 0 saturated carbocycles. The highest BCUT2D eigenvalue weighted by Gasteiger charge is 2.59. The highest BCUT2D eigenvalue weighted by atomic mass is 28.4. The summed E-state index contributed by atoms with van der Waals surface area (Å²) in [5, 5.41) is 13.5. The fourth-order valence-electron chi connectivity index (χ4n) is 5.87. The van der Waals surface area contributed by atoms with E-state index in [0.29, 0.717) is 29.7 Å². The van der Waals surface area contributed by atoms with Gasteiger partial charge in [0.15, 0.2) is 5.79 Å². The lowest BCUT2D eigenvalue weighted by molar-refractivity contribution is -0.156. The van der Waals surface area contributed by atoms with E-state index in [0.717, 1.165) is 0 Å². The van der Waals surface area contributed by atoms with Crippen molar-refractivity contribution in [1.82, 2.24) is 10.2 Å². The number of nitrogens with one attached hydrogen (secondary N) is 1. The number of amides is 1. The number of hydrogen-bond acceptors (Lipinski definition) is 6. The Hall–Kier alpha value is -0.513. The summed E-state index contributed by atoms with van der Waals surface area (Å²) in [5.74, 6) is -0.795. The number of carbonyl (C=O) groups is 1. The molecule has 182 valence electrons. The van der Waals surface area contributed by atoms with Crippen LogP contribution in [0.3, 0.4) is 0 Å². The van der Waals surface area contributed by atoms with Crippen molar-refractivity contribution < 1.29 is 23.8 Å². The number of piperidine rings is 1. The lowest BCUT2D eigenvalue weighted by Crippen LogP contribution is -2.71. The van der Waals surface area contributed by atoms with Gasteiger partial charge in [0.05, 0.1) is 18.8 Å². The Morgan fingerprint density at radius 2 is 1.52 bits per heavy atom. The molecule has 5 atom stereocenters. The first kappa shape index (κ1) is 26.7. The molecule has 2 N–H and O–H groups in total. The third-order valence-corrected chi connectivity index (χ3v) is 13.3. The van der Waals surface area contributed by atoms with Crippen LogP contribution >= 0.6 is 0 Å². The van der Waals surface area contributed by atoms with E-state index >= 15 is 0 Å². The lowest BCUT2D eigenvalue weighted by Gasteiger charge is -2.50. The molecule has 8 heteroatoms. The molecular weight excluding hydrogens is 412 g/mol. The first-order valence-corrected chi connectivity index (χ1v) is 14.2. The third kappa shape index (κ3) is 5.04. The number of fused-ring (bicyclic) bond motifs is 1. The van der Waals surface area contributed by atoms with Gasteiger partial charge in [-0.1, -0.05) is 41.5 Å². The van der Waals surface area contributed by atoms with Crippen LogP contribution in [0.4, 0.5) is 0 Å². The summed E-state index contributed by atoms with van der Waals surface area (Å²) in [6.07, 6.45) is -1.26. The van der Waals surface area contributed by atoms with Crippen molar-refractivity contribution >= 4 is 14.2 Å².